The summed E-state index contributed by atoms with van der Waals surface area (Å²) in [7, 11) is 0. The first-order valence-corrected chi connectivity index (χ1v) is 8.17. The second-order valence-electron chi connectivity index (χ2n) is 5.98. The summed E-state index contributed by atoms with van der Waals surface area (Å²) in [6.45, 7) is 3.34. The van der Waals surface area contributed by atoms with Crippen LogP contribution in [0.5, 0.6) is 0 Å². The van der Waals surface area contributed by atoms with E-state index < -0.39 is 22.3 Å². The number of rotatable bonds is 1. The van der Waals surface area contributed by atoms with E-state index in [1.165, 1.54) is 16.8 Å². The minimum Gasteiger partial charge on any atom is -0.284 e. The maximum atomic E-state index is 13.1. The van der Waals surface area contributed by atoms with Gasteiger partial charge in [0.1, 0.15) is 5.82 Å². The fraction of sp³-hybridized carbons (Fsp3) is 0.176. The molecule has 1 aromatic carbocycles. The first-order chi connectivity index (χ1) is 12.7. The van der Waals surface area contributed by atoms with E-state index in [0.717, 1.165) is 16.7 Å². The summed E-state index contributed by atoms with van der Waals surface area (Å²) in [5.74, 6) is 0.839. The van der Waals surface area contributed by atoms with E-state index in [9.17, 15) is 18.0 Å². The van der Waals surface area contributed by atoms with E-state index in [-0.39, 0.29) is 11.1 Å². The predicted octanol–water partition coefficient (Wildman–Crippen LogP) is 3.72. The minimum absolute atomic E-state index is 0.0490. The number of halogens is 4. The Morgan fingerprint density at radius 1 is 1.11 bits per heavy atom. The number of alkyl halides is 3. The van der Waals surface area contributed by atoms with E-state index >= 15 is 0 Å². The Morgan fingerprint density at radius 3 is 2.56 bits per heavy atom. The summed E-state index contributed by atoms with van der Waals surface area (Å²) in [5, 5.41) is 4.03. The van der Waals surface area contributed by atoms with Crippen molar-refractivity contribution < 1.29 is 13.2 Å². The zero-order valence-corrected chi connectivity index (χ0v) is 14.8. The van der Waals surface area contributed by atoms with Crippen molar-refractivity contribution in [1.29, 1.82) is 0 Å². The Morgan fingerprint density at radius 2 is 1.85 bits per heavy atom. The number of hydrogen-bond acceptors (Lipinski definition) is 4. The molecular weight excluding hydrogens is 383 g/mol. The van der Waals surface area contributed by atoms with Crippen molar-refractivity contribution >= 4 is 28.3 Å². The van der Waals surface area contributed by atoms with Crippen LogP contribution >= 0.6 is 11.6 Å². The summed E-state index contributed by atoms with van der Waals surface area (Å²) in [6, 6.07) is 4.90. The van der Waals surface area contributed by atoms with Crippen molar-refractivity contribution in [2.45, 2.75) is 20.0 Å². The molecule has 0 saturated carbocycles. The SMILES string of the molecule is Cc1nc2nc(C)c3c(=O)n(-c4ccc(Cl)c(C(F)(F)F)c4)ccc3n2n1. The van der Waals surface area contributed by atoms with E-state index in [2.05, 4.69) is 15.1 Å². The van der Waals surface area contributed by atoms with Crippen LogP contribution < -0.4 is 5.56 Å². The molecule has 0 aliphatic carbocycles. The van der Waals surface area contributed by atoms with Gasteiger partial charge in [-0.25, -0.2) is 4.98 Å². The lowest BCUT2D eigenvalue weighted by Crippen LogP contribution is -2.20. The van der Waals surface area contributed by atoms with Gasteiger partial charge in [0.25, 0.3) is 11.3 Å². The van der Waals surface area contributed by atoms with E-state index in [1.54, 1.807) is 19.9 Å². The molecule has 0 spiro atoms. The third kappa shape index (κ3) is 2.74. The first-order valence-electron chi connectivity index (χ1n) is 7.79. The molecule has 27 heavy (non-hydrogen) atoms. The monoisotopic (exact) mass is 393 g/mol. The molecule has 0 atom stereocenters. The average molecular weight is 394 g/mol. The molecule has 0 unspecified atom stereocenters. The number of pyridine rings is 1. The molecule has 3 aromatic heterocycles. The molecule has 0 saturated heterocycles. The molecule has 0 fully saturated rings. The van der Waals surface area contributed by atoms with Crippen LogP contribution in [0.2, 0.25) is 5.02 Å². The van der Waals surface area contributed by atoms with Crippen molar-refractivity contribution in [3.05, 3.63) is 62.9 Å². The molecule has 0 bridgehead atoms. The van der Waals surface area contributed by atoms with Crippen molar-refractivity contribution in [3.8, 4) is 5.69 Å². The molecule has 3 heterocycles. The molecule has 6 nitrogen and oxygen atoms in total. The number of aromatic nitrogens is 5. The third-order valence-corrected chi connectivity index (χ3v) is 4.49. The normalized spacial score (nSPS) is 12.2. The standard InChI is InChI=1S/C17H11ClF3N5O/c1-8-14-13(26-16(22-8)23-9(2)24-26)5-6-25(15(14)27)10-3-4-12(18)11(7-10)17(19,20)21/h3-7H,1-2H3. The Hall–Kier alpha value is -2.94. The van der Waals surface area contributed by atoms with E-state index in [4.69, 9.17) is 11.6 Å². The lowest BCUT2D eigenvalue weighted by molar-refractivity contribution is -0.137. The summed E-state index contributed by atoms with van der Waals surface area (Å²) < 4.78 is 42.0. The molecule has 138 valence electrons. The number of aryl methyl sites for hydroxylation is 2. The van der Waals surface area contributed by atoms with Gasteiger partial charge in [0.05, 0.1) is 27.2 Å². The zero-order valence-electron chi connectivity index (χ0n) is 14.0. The van der Waals surface area contributed by atoms with Gasteiger partial charge in [0, 0.05) is 11.9 Å². The van der Waals surface area contributed by atoms with E-state index in [0.29, 0.717) is 22.8 Å². The molecule has 0 N–H and O–H groups in total. The fourth-order valence-corrected chi connectivity index (χ4v) is 3.19. The van der Waals surface area contributed by atoms with Gasteiger partial charge < -0.3 is 0 Å². The smallest absolute Gasteiger partial charge is 0.284 e. The fourth-order valence-electron chi connectivity index (χ4n) is 2.97. The molecular formula is C17H11ClF3N5O. The van der Waals surface area contributed by atoms with Crippen LogP contribution in [-0.2, 0) is 6.18 Å². The van der Waals surface area contributed by atoms with Crippen LogP contribution in [0.3, 0.4) is 0 Å². The lowest BCUT2D eigenvalue weighted by atomic mass is 10.1. The lowest BCUT2D eigenvalue weighted by Gasteiger charge is -2.13. The van der Waals surface area contributed by atoms with Crippen LogP contribution in [0.1, 0.15) is 17.1 Å². The number of hydrogen-bond donors (Lipinski definition) is 0. The molecule has 0 radical (unpaired) electrons. The molecule has 0 amide bonds. The summed E-state index contributed by atoms with van der Waals surface area (Å²) >= 11 is 5.66. The van der Waals surface area contributed by atoms with Crippen LogP contribution in [0.4, 0.5) is 13.2 Å². The van der Waals surface area contributed by atoms with Gasteiger partial charge in [-0.15, -0.1) is 5.10 Å². The summed E-state index contributed by atoms with van der Waals surface area (Å²) in [6.07, 6.45) is -3.24. The Labute approximate surface area is 154 Å². The average Bonchev–Trinajstić information content (AvgIpc) is 2.95. The largest absolute Gasteiger partial charge is 0.417 e. The van der Waals surface area contributed by atoms with Gasteiger partial charge in [0.2, 0.25) is 0 Å². The van der Waals surface area contributed by atoms with E-state index in [1.807, 2.05) is 0 Å². The quantitative estimate of drug-likeness (QED) is 0.494. The molecule has 0 aliphatic heterocycles. The van der Waals surface area contributed by atoms with Gasteiger partial charge >= 0.3 is 6.18 Å². The summed E-state index contributed by atoms with van der Waals surface area (Å²) in [4.78, 5) is 21.4. The Bertz CT molecular complexity index is 1280. The Kier molecular flexibility index (Phi) is 3.74. The number of fused-ring (bicyclic) bond motifs is 3. The predicted molar refractivity (Wildman–Crippen MR) is 93.4 cm³/mol. The maximum Gasteiger partial charge on any atom is 0.417 e. The maximum absolute atomic E-state index is 13.1. The second-order valence-corrected chi connectivity index (χ2v) is 6.39. The highest BCUT2D eigenvalue weighted by molar-refractivity contribution is 6.31. The zero-order chi connectivity index (χ0) is 19.5. The van der Waals surface area contributed by atoms with Gasteiger partial charge in [-0.05, 0) is 38.1 Å². The van der Waals surface area contributed by atoms with Crippen LogP contribution in [0.25, 0.3) is 22.4 Å². The van der Waals surface area contributed by atoms with Gasteiger partial charge in [-0.3, -0.25) is 9.36 Å². The van der Waals surface area contributed by atoms with Gasteiger partial charge in [-0.1, -0.05) is 11.6 Å². The summed E-state index contributed by atoms with van der Waals surface area (Å²) in [5.41, 5.74) is -0.583. The molecule has 10 heteroatoms. The first kappa shape index (κ1) is 17.5. The molecule has 0 aliphatic rings. The van der Waals surface area contributed by atoms with Crippen molar-refractivity contribution in [2.75, 3.05) is 0 Å². The highest BCUT2D eigenvalue weighted by Crippen LogP contribution is 2.35. The number of benzene rings is 1. The second kappa shape index (κ2) is 5.78. The molecule has 4 rings (SSSR count). The van der Waals surface area contributed by atoms with Crippen LogP contribution in [-0.4, -0.2) is 24.1 Å². The van der Waals surface area contributed by atoms with Crippen molar-refractivity contribution in [3.63, 3.8) is 0 Å². The van der Waals surface area contributed by atoms with Crippen LogP contribution in [0.15, 0.2) is 35.3 Å². The molecule has 4 aromatic rings. The number of nitrogens with zero attached hydrogens (tertiary/aromatic N) is 5. The highest BCUT2D eigenvalue weighted by Gasteiger charge is 2.33. The third-order valence-electron chi connectivity index (χ3n) is 4.16. The van der Waals surface area contributed by atoms with Crippen LogP contribution in [0, 0.1) is 13.8 Å². The topological polar surface area (TPSA) is 65.1 Å². The van der Waals surface area contributed by atoms with Gasteiger partial charge in [0.15, 0.2) is 0 Å². The van der Waals surface area contributed by atoms with Crippen molar-refractivity contribution in [1.82, 2.24) is 24.1 Å². The highest BCUT2D eigenvalue weighted by atomic mass is 35.5. The van der Waals surface area contributed by atoms with Gasteiger partial charge in [-0.2, -0.15) is 22.7 Å². The minimum atomic E-state index is -4.63. The van der Waals surface area contributed by atoms with Crippen molar-refractivity contribution in [2.24, 2.45) is 0 Å². The Balaban J connectivity index is 2.02.